The zero-order chi connectivity index (χ0) is 9.07. The lowest BCUT2D eigenvalue weighted by molar-refractivity contribution is -0.137. The number of carboxylic acid groups (broad SMARTS) is 1. The van der Waals surface area contributed by atoms with Gasteiger partial charge in [0.05, 0.1) is 0 Å². The number of carbonyl (C=O) groups is 1. The van der Waals surface area contributed by atoms with E-state index in [-0.39, 0.29) is 0 Å². The van der Waals surface area contributed by atoms with Gasteiger partial charge in [0.1, 0.15) is 6.54 Å². The zero-order valence-corrected chi connectivity index (χ0v) is 7.05. The Balaban J connectivity index is 4.26. The molecule has 0 radical (unpaired) electrons. The molecule has 0 saturated heterocycles. The molecule has 2 N–H and O–H groups in total. The van der Waals surface area contributed by atoms with Gasteiger partial charge in [-0.05, 0) is 0 Å². The number of nitrogens with one attached hydrogen (secondary N) is 1. The summed E-state index contributed by atoms with van der Waals surface area (Å²) in [5, 5.41) is 8.21. The van der Waals surface area contributed by atoms with Crippen LogP contribution in [0.5, 0.6) is 0 Å². The Kier molecular flexibility index (Phi) is 3.43. The Labute approximate surface area is 65.0 Å². The highest BCUT2D eigenvalue weighted by Crippen LogP contribution is 1.90. The van der Waals surface area contributed by atoms with Gasteiger partial charge in [-0.3, -0.25) is 4.79 Å². The van der Waals surface area contributed by atoms with Crippen LogP contribution in [0, 0.1) is 0 Å². The van der Waals surface area contributed by atoms with E-state index >= 15 is 0 Å². The van der Waals surface area contributed by atoms with Crippen LogP contribution >= 0.6 is 0 Å². The molecule has 0 aliphatic carbocycles. The van der Waals surface area contributed by atoms with Crippen molar-refractivity contribution < 1.29 is 18.3 Å². The van der Waals surface area contributed by atoms with Gasteiger partial charge in [-0.1, -0.05) is 0 Å². The zero-order valence-electron chi connectivity index (χ0n) is 6.23. The Hall–Kier alpha value is -0.660. The Morgan fingerprint density at radius 2 is 2.09 bits per heavy atom. The number of carboxylic acids is 1. The predicted octanol–water partition coefficient (Wildman–Crippen LogP) is -1.53. The second kappa shape index (κ2) is 3.65. The van der Waals surface area contributed by atoms with E-state index < -0.39 is 22.7 Å². The van der Waals surface area contributed by atoms with Crippen molar-refractivity contribution in [1.29, 1.82) is 0 Å². The lowest BCUT2D eigenvalue weighted by atomic mass is 10.7. The third-order valence-corrected chi connectivity index (χ3v) is 2.49. The average molecular weight is 182 g/mol. The summed E-state index contributed by atoms with van der Waals surface area (Å²) in [4.78, 5) is 10.0. The van der Waals surface area contributed by atoms with E-state index in [1.54, 1.807) is 0 Å². The van der Waals surface area contributed by atoms with E-state index in [9.17, 15) is 13.2 Å². The summed E-state index contributed by atoms with van der Waals surface area (Å²) in [5.41, 5.74) is 0. The summed E-state index contributed by atoms with van der Waals surface area (Å²) in [6.45, 7) is -0.539. The molecular formula is C4H10N2O4S. The van der Waals surface area contributed by atoms with Gasteiger partial charge in [0.25, 0.3) is 10.2 Å². The Morgan fingerprint density at radius 1 is 1.64 bits per heavy atom. The second-order valence-electron chi connectivity index (χ2n) is 1.86. The summed E-state index contributed by atoms with van der Waals surface area (Å²) in [6, 6.07) is 0. The summed E-state index contributed by atoms with van der Waals surface area (Å²) >= 11 is 0. The molecule has 0 spiro atoms. The minimum absolute atomic E-state index is 0.539. The first-order chi connectivity index (χ1) is 4.90. The van der Waals surface area contributed by atoms with Crippen LogP contribution in [0.2, 0.25) is 0 Å². The molecule has 0 aromatic carbocycles. The fourth-order valence-corrected chi connectivity index (χ4v) is 1.02. The highest BCUT2D eigenvalue weighted by Gasteiger charge is 2.16. The lowest BCUT2D eigenvalue weighted by Gasteiger charge is -2.12. The normalized spacial score (nSPS) is 11.9. The van der Waals surface area contributed by atoms with Crippen molar-refractivity contribution in [3.63, 3.8) is 0 Å². The van der Waals surface area contributed by atoms with E-state index in [1.807, 2.05) is 4.72 Å². The monoisotopic (exact) mass is 182 g/mol. The molecule has 0 aromatic heterocycles. The van der Waals surface area contributed by atoms with Crippen LogP contribution in [0.15, 0.2) is 0 Å². The summed E-state index contributed by atoms with van der Waals surface area (Å²) in [5.74, 6) is -1.19. The van der Waals surface area contributed by atoms with Crippen LogP contribution in [0.25, 0.3) is 0 Å². The van der Waals surface area contributed by atoms with Crippen molar-refractivity contribution in [2.45, 2.75) is 0 Å². The summed E-state index contributed by atoms with van der Waals surface area (Å²) in [6.07, 6.45) is 0. The van der Waals surface area contributed by atoms with E-state index in [1.165, 1.54) is 14.1 Å². The van der Waals surface area contributed by atoms with Gasteiger partial charge in [0.2, 0.25) is 0 Å². The smallest absolute Gasteiger partial charge is 0.318 e. The van der Waals surface area contributed by atoms with Crippen LogP contribution in [-0.4, -0.2) is 44.4 Å². The molecule has 0 aliphatic rings. The van der Waals surface area contributed by atoms with Gasteiger partial charge in [-0.2, -0.15) is 12.7 Å². The molecule has 0 rings (SSSR count). The van der Waals surface area contributed by atoms with Crippen LogP contribution in [0.4, 0.5) is 0 Å². The molecule has 66 valence electrons. The largest absolute Gasteiger partial charge is 0.480 e. The fraction of sp³-hybridized carbons (Fsp3) is 0.750. The third kappa shape index (κ3) is 3.30. The molecule has 0 aliphatic heterocycles. The van der Waals surface area contributed by atoms with Crippen LogP contribution in [0.1, 0.15) is 0 Å². The van der Waals surface area contributed by atoms with Crippen molar-refractivity contribution in [3.05, 3.63) is 0 Å². The maximum atomic E-state index is 10.8. The van der Waals surface area contributed by atoms with E-state index in [0.717, 1.165) is 0 Å². The number of hydrogen-bond donors (Lipinski definition) is 2. The van der Waals surface area contributed by atoms with Crippen molar-refractivity contribution in [2.24, 2.45) is 0 Å². The number of hydrogen-bond acceptors (Lipinski definition) is 3. The van der Waals surface area contributed by atoms with Crippen LogP contribution in [0.3, 0.4) is 0 Å². The SMILES string of the molecule is CNS(=O)(=O)N(C)CC(=O)O. The number of nitrogens with zero attached hydrogens (tertiary/aromatic N) is 1. The molecule has 0 atom stereocenters. The first kappa shape index (κ1) is 10.3. The Morgan fingerprint density at radius 3 is 2.36 bits per heavy atom. The minimum Gasteiger partial charge on any atom is -0.480 e. The molecule has 11 heavy (non-hydrogen) atoms. The van der Waals surface area contributed by atoms with Gasteiger partial charge in [-0.25, -0.2) is 4.72 Å². The second-order valence-corrected chi connectivity index (χ2v) is 3.84. The molecule has 0 unspecified atom stereocenters. The van der Waals surface area contributed by atoms with Crippen LogP contribution in [-0.2, 0) is 15.0 Å². The highest BCUT2D eigenvalue weighted by atomic mass is 32.2. The molecule has 0 bridgehead atoms. The molecule has 0 heterocycles. The van der Waals surface area contributed by atoms with E-state index in [2.05, 4.69) is 0 Å². The molecule has 0 amide bonds. The third-order valence-electron chi connectivity index (χ3n) is 1.03. The predicted molar refractivity (Wildman–Crippen MR) is 38.2 cm³/mol. The molecule has 0 fully saturated rings. The number of aliphatic carboxylic acids is 1. The van der Waals surface area contributed by atoms with Crippen molar-refractivity contribution >= 4 is 16.2 Å². The summed E-state index contributed by atoms with van der Waals surface area (Å²) < 4.78 is 24.3. The van der Waals surface area contributed by atoms with Crippen LogP contribution < -0.4 is 4.72 Å². The topological polar surface area (TPSA) is 86.7 Å². The fourth-order valence-electron chi connectivity index (χ4n) is 0.431. The maximum absolute atomic E-state index is 10.8. The molecule has 7 heteroatoms. The first-order valence-electron chi connectivity index (χ1n) is 2.76. The van der Waals surface area contributed by atoms with Crippen molar-refractivity contribution in [1.82, 2.24) is 9.03 Å². The molecule has 0 aromatic rings. The Bertz CT molecular complexity index is 234. The first-order valence-corrected chi connectivity index (χ1v) is 4.20. The van der Waals surface area contributed by atoms with Gasteiger partial charge in [0, 0.05) is 14.1 Å². The van der Waals surface area contributed by atoms with Gasteiger partial charge < -0.3 is 5.11 Å². The minimum atomic E-state index is -3.59. The summed E-state index contributed by atoms with van der Waals surface area (Å²) in [7, 11) is -1.19. The number of likely N-dealkylation sites (N-methyl/N-ethyl adjacent to an activating group) is 1. The van der Waals surface area contributed by atoms with Gasteiger partial charge in [0.15, 0.2) is 0 Å². The number of rotatable bonds is 4. The standard InChI is InChI=1S/C4H10N2O4S/c1-5-11(9,10)6(2)3-4(7)8/h5H,3H2,1-2H3,(H,7,8). The lowest BCUT2D eigenvalue weighted by Crippen LogP contribution is -2.38. The van der Waals surface area contributed by atoms with Gasteiger partial charge >= 0.3 is 5.97 Å². The maximum Gasteiger partial charge on any atom is 0.318 e. The molecular weight excluding hydrogens is 172 g/mol. The van der Waals surface area contributed by atoms with Crippen molar-refractivity contribution in [3.8, 4) is 0 Å². The average Bonchev–Trinajstić information content (AvgIpc) is 1.86. The van der Waals surface area contributed by atoms with E-state index in [4.69, 9.17) is 5.11 Å². The highest BCUT2D eigenvalue weighted by molar-refractivity contribution is 7.87. The van der Waals surface area contributed by atoms with Gasteiger partial charge in [-0.15, -0.1) is 0 Å². The van der Waals surface area contributed by atoms with E-state index in [0.29, 0.717) is 4.31 Å². The molecule has 0 saturated carbocycles. The quantitative estimate of drug-likeness (QED) is 0.552. The van der Waals surface area contributed by atoms with Crippen molar-refractivity contribution in [2.75, 3.05) is 20.6 Å². The molecule has 6 nitrogen and oxygen atoms in total.